The summed E-state index contributed by atoms with van der Waals surface area (Å²) in [5.41, 5.74) is -0.384. The molecule has 0 heterocycles. The van der Waals surface area contributed by atoms with Gasteiger partial charge in [0, 0.05) is 24.2 Å². The van der Waals surface area contributed by atoms with Crippen LogP contribution >= 0.6 is 0 Å². The van der Waals surface area contributed by atoms with Crippen molar-refractivity contribution in [1.29, 1.82) is 0 Å². The van der Waals surface area contributed by atoms with Crippen LogP contribution in [0.2, 0.25) is 0 Å². The number of ether oxygens (including phenoxy) is 3. The van der Waals surface area contributed by atoms with Gasteiger partial charge >= 0.3 is 5.97 Å². The first-order chi connectivity index (χ1) is 14.8. The molecule has 31 heavy (non-hydrogen) atoms. The van der Waals surface area contributed by atoms with E-state index in [9.17, 15) is 14.4 Å². The lowest BCUT2D eigenvalue weighted by molar-refractivity contribution is -0.176. The molecule has 0 aromatic heterocycles. The predicted molar refractivity (Wildman–Crippen MR) is 113 cm³/mol. The van der Waals surface area contributed by atoms with Gasteiger partial charge in [0.15, 0.2) is 18.1 Å². The number of methoxy groups -OCH3 is 2. The van der Waals surface area contributed by atoms with Crippen LogP contribution in [0.5, 0.6) is 11.5 Å². The largest absolute Gasteiger partial charge is 0.493 e. The van der Waals surface area contributed by atoms with Crippen LogP contribution in [0.3, 0.4) is 0 Å². The maximum atomic E-state index is 13.1. The number of carbonyl (C=O) groups excluding carboxylic acids is 3. The Morgan fingerprint density at radius 3 is 2.32 bits per heavy atom. The summed E-state index contributed by atoms with van der Waals surface area (Å²) in [6, 6.07) is 5.03. The van der Waals surface area contributed by atoms with Gasteiger partial charge in [-0.3, -0.25) is 14.4 Å². The van der Waals surface area contributed by atoms with E-state index in [-0.39, 0.29) is 24.0 Å². The van der Waals surface area contributed by atoms with E-state index in [0.29, 0.717) is 35.4 Å². The molecule has 0 saturated heterocycles. The van der Waals surface area contributed by atoms with E-state index in [2.05, 4.69) is 10.6 Å². The summed E-state index contributed by atoms with van der Waals surface area (Å²) < 4.78 is 15.9. The second-order valence-corrected chi connectivity index (χ2v) is 9.40. The van der Waals surface area contributed by atoms with E-state index < -0.39 is 11.3 Å². The molecule has 0 spiro atoms. The van der Waals surface area contributed by atoms with Crippen LogP contribution in [0.4, 0.5) is 5.69 Å². The van der Waals surface area contributed by atoms with Crippen molar-refractivity contribution in [2.24, 2.45) is 17.3 Å². The summed E-state index contributed by atoms with van der Waals surface area (Å²) in [7, 11) is 3.06. The van der Waals surface area contributed by atoms with Crippen LogP contribution in [0.25, 0.3) is 0 Å². The minimum absolute atomic E-state index is 0.0558. The van der Waals surface area contributed by atoms with Crippen molar-refractivity contribution >= 4 is 23.5 Å². The Labute approximate surface area is 182 Å². The van der Waals surface area contributed by atoms with Gasteiger partial charge in [0.2, 0.25) is 5.91 Å². The minimum atomic E-state index is -0.601. The lowest BCUT2D eigenvalue weighted by Gasteiger charge is -2.60. The number of hydrogen-bond donors (Lipinski definition) is 2. The molecule has 4 aliphatic rings. The highest BCUT2D eigenvalue weighted by molar-refractivity contribution is 5.93. The van der Waals surface area contributed by atoms with Crippen LogP contribution < -0.4 is 20.1 Å². The lowest BCUT2D eigenvalue weighted by Crippen LogP contribution is -2.64. The second-order valence-electron chi connectivity index (χ2n) is 9.40. The number of benzene rings is 1. The molecule has 4 saturated carbocycles. The van der Waals surface area contributed by atoms with Gasteiger partial charge in [0.25, 0.3) is 5.91 Å². The van der Waals surface area contributed by atoms with Gasteiger partial charge in [-0.1, -0.05) is 0 Å². The highest BCUT2D eigenvalue weighted by atomic mass is 16.5. The Hall–Kier alpha value is -2.77. The quantitative estimate of drug-likeness (QED) is 0.645. The zero-order valence-corrected chi connectivity index (χ0v) is 18.3. The highest BCUT2D eigenvalue weighted by Crippen LogP contribution is 2.62. The zero-order chi connectivity index (χ0) is 22.2. The number of carbonyl (C=O) groups is 3. The van der Waals surface area contributed by atoms with Crippen LogP contribution in [0, 0.1) is 17.3 Å². The molecule has 8 nitrogen and oxygen atoms in total. The summed E-state index contributed by atoms with van der Waals surface area (Å²) in [6.45, 7) is 1.18. The minimum Gasteiger partial charge on any atom is -0.493 e. The third-order valence-electron chi connectivity index (χ3n) is 6.94. The molecular formula is C23H30N2O6. The number of esters is 1. The Balaban J connectivity index is 1.38. The van der Waals surface area contributed by atoms with E-state index in [4.69, 9.17) is 14.2 Å². The van der Waals surface area contributed by atoms with E-state index in [0.717, 1.165) is 32.1 Å². The van der Waals surface area contributed by atoms with Crippen molar-refractivity contribution < 1.29 is 28.6 Å². The molecule has 4 aliphatic carbocycles. The molecule has 1 aromatic carbocycles. The first-order valence-corrected chi connectivity index (χ1v) is 10.7. The van der Waals surface area contributed by atoms with Gasteiger partial charge in [0.1, 0.15) is 0 Å². The van der Waals surface area contributed by atoms with Crippen molar-refractivity contribution in [3.63, 3.8) is 0 Å². The third kappa shape index (κ3) is 4.20. The van der Waals surface area contributed by atoms with Crippen molar-refractivity contribution in [3.05, 3.63) is 18.2 Å². The molecule has 4 bridgehead atoms. The lowest BCUT2D eigenvalue weighted by atomic mass is 9.47. The van der Waals surface area contributed by atoms with Crippen molar-refractivity contribution in [3.8, 4) is 11.5 Å². The Morgan fingerprint density at radius 2 is 1.71 bits per heavy atom. The second kappa shape index (κ2) is 8.05. The van der Waals surface area contributed by atoms with E-state index in [1.165, 1.54) is 21.1 Å². The first kappa shape index (κ1) is 21.5. The Kier molecular flexibility index (Phi) is 5.58. The maximum absolute atomic E-state index is 13.1. The Morgan fingerprint density at radius 1 is 1.03 bits per heavy atom. The van der Waals surface area contributed by atoms with Crippen LogP contribution in [-0.2, 0) is 19.1 Å². The molecule has 4 fully saturated rings. The van der Waals surface area contributed by atoms with Gasteiger partial charge in [-0.05, 0) is 62.5 Å². The van der Waals surface area contributed by atoms with Crippen LogP contribution in [-0.4, -0.2) is 44.1 Å². The van der Waals surface area contributed by atoms with E-state index in [1.807, 2.05) is 0 Å². The highest BCUT2D eigenvalue weighted by Gasteiger charge is 2.61. The SMILES string of the molecule is COc1ccc(NC(=O)COC(=O)C23CC4CC(CC(NC(C)=O)(C4)C2)C3)cc1OC. The maximum Gasteiger partial charge on any atom is 0.312 e. The fourth-order valence-corrected chi connectivity index (χ4v) is 6.42. The van der Waals surface area contributed by atoms with Crippen LogP contribution in [0.15, 0.2) is 18.2 Å². The molecule has 2 atom stereocenters. The molecular weight excluding hydrogens is 400 g/mol. The number of anilines is 1. The molecule has 168 valence electrons. The molecule has 1 aromatic rings. The van der Waals surface area contributed by atoms with Crippen molar-refractivity contribution in [2.75, 3.05) is 26.1 Å². The number of amides is 2. The van der Waals surface area contributed by atoms with E-state index in [1.54, 1.807) is 18.2 Å². The zero-order valence-electron chi connectivity index (χ0n) is 18.3. The van der Waals surface area contributed by atoms with Gasteiger partial charge < -0.3 is 24.8 Å². The summed E-state index contributed by atoms with van der Waals surface area (Å²) in [6.07, 6.45) is 5.12. The van der Waals surface area contributed by atoms with Gasteiger partial charge in [-0.25, -0.2) is 0 Å². The summed E-state index contributed by atoms with van der Waals surface area (Å²) in [5.74, 6) is 1.10. The molecule has 5 rings (SSSR count). The fraction of sp³-hybridized carbons (Fsp3) is 0.609. The normalized spacial score (nSPS) is 30.4. The summed E-state index contributed by atoms with van der Waals surface area (Å²) >= 11 is 0. The number of rotatable bonds is 7. The predicted octanol–water partition coefficient (Wildman–Crippen LogP) is 2.66. The Bertz CT molecular complexity index is 884. The molecule has 8 heteroatoms. The monoisotopic (exact) mass is 430 g/mol. The topological polar surface area (TPSA) is 103 Å². The van der Waals surface area contributed by atoms with Crippen molar-refractivity contribution in [2.45, 2.75) is 51.0 Å². The molecule has 2 unspecified atom stereocenters. The average Bonchev–Trinajstić information content (AvgIpc) is 2.69. The number of hydrogen-bond acceptors (Lipinski definition) is 6. The van der Waals surface area contributed by atoms with Gasteiger partial charge in [-0.2, -0.15) is 0 Å². The van der Waals surface area contributed by atoms with Crippen molar-refractivity contribution in [1.82, 2.24) is 5.32 Å². The molecule has 0 radical (unpaired) electrons. The third-order valence-corrected chi connectivity index (χ3v) is 6.94. The van der Waals surface area contributed by atoms with Gasteiger partial charge in [0.05, 0.1) is 19.6 Å². The van der Waals surface area contributed by atoms with E-state index >= 15 is 0 Å². The first-order valence-electron chi connectivity index (χ1n) is 10.7. The standard InChI is InChI=1S/C23H30N2O6/c1-14(26)25-23-10-15-6-16(11-23)9-22(8-15,13-23)21(28)31-12-20(27)24-17-4-5-18(29-2)19(7-17)30-3/h4-5,7,15-16H,6,8-13H2,1-3H3,(H,24,27)(H,25,26). The smallest absolute Gasteiger partial charge is 0.312 e. The fourth-order valence-electron chi connectivity index (χ4n) is 6.42. The van der Waals surface area contributed by atoms with Gasteiger partial charge in [-0.15, -0.1) is 0 Å². The summed E-state index contributed by atoms with van der Waals surface area (Å²) in [4.78, 5) is 37.3. The molecule has 2 amide bonds. The number of nitrogens with one attached hydrogen (secondary N) is 2. The van der Waals surface area contributed by atoms with Crippen LogP contribution in [0.1, 0.15) is 45.4 Å². The molecule has 0 aliphatic heterocycles. The average molecular weight is 431 g/mol. The molecule has 2 N–H and O–H groups in total. The summed E-state index contributed by atoms with van der Waals surface area (Å²) in [5, 5.41) is 5.86.